The van der Waals surface area contributed by atoms with Crippen LogP contribution in [0.15, 0.2) is 65.4 Å². The van der Waals surface area contributed by atoms with Crippen molar-refractivity contribution >= 4 is 45.3 Å². The lowest BCUT2D eigenvalue weighted by atomic mass is 10.2. The normalized spacial score (nSPS) is 10.6. The van der Waals surface area contributed by atoms with Gasteiger partial charge in [0.2, 0.25) is 0 Å². The number of benzene rings is 2. The summed E-state index contributed by atoms with van der Waals surface area (Å²) in [7, 11) is 0. The van der Waals surface area contributed by atoms with Crippen molar-refractivity contribution in [3.63, 3.8) is 0 Å². The van der Waals surface area contributed by atoms with Crippen LogP contribution in [0, 0.1) is 11.6 Å². The van der Waals surface area contributed by atoms with Crippen molar-refractivity contribution in [2.45, 2.75) is 0 Å². The van der Waals surface area contributed by atoms with Crippen LogP contribution in [0.25, 0.3) is 11.3 Å². The number of hydrogen-bond donors (Lipinski definition) is 2. The van der Waals surface area contributed by atoms with E-state index in [1.54, 1.807) is 41.8 Å². The fourth-order valence-corrected chi connectivity index (χ4v) is 3.93. The van der Waals surface area contributed by atoms with E-state index in [2.05, 4.69) is 15.6 Å². The summed E-state index contributed by atoms with van der Waals surface area (Å²) >= 11 is 2.51. The minimum atomic E-state index is -0.961. The molecule has 0 saturated heterocycles. The van der Waals surface area contributed by atoms with E-state index in [9.17, 15) is 18.4 Å². The second kappa shape index (κ2) is 8.52. The predicted octanol–water partition coefficient (Wildman–Crippen LogP) is 5.65. The van der Waals surface area contributed by atoms with Gasteiger partial charge in [0.05, 0.1) is 10.6 Å². The van der Waals surface area contributed by atoms with Gasteiger partial charge in [-0.05, 0) is 53.9 Å². The lowest BCUT2D eigenvalue weighted by Gasteiger charge is -2.05. The van der Waals surface area contributed by atoms with E-state index in [4.69, 9.17) is 0 Å². The molecular weight excluding hydrogens is 428 g/mol. The molecule has 4 rings (SSSR count). The molecule has 0 bridgehead atoms. The fourth-order valence-electron chi connectivity index (χ4n) is 2.59. The largest absolute Gasteiger partial charge is 0.321 e. The molecule has 0 atom stereocenters. The maximum atomic E-state index is 13.4. The highest BCUT2D eigenvalue weighted by atomic mass is 32.1. The van der Waals surface area contributed by atoms with Gasteiger partial charge in [0.15, 0.2) is 16.8 Å². The van der Waals surface area contributed by atoms with E-state index in [1.165, 1.54) is 28.7 Å². The highest BCUT2D eigenvalue weighted by molar-refractivity contribution is 7.14. The Labute approximate surface area is 178 Å². The minimum Gasteiger partial charge on any atom is -0.321 e. The first kappa shape index (κ1) is 19.9. The first-order valence-corrected chi connectivity index (χ1v) is 10.4. The smallest absolute Gasteiger partial charge is 0.265 e. The van der Waals surface area contributed by atoms with Crippen LogP contribution < -0.4 is 10.6 Å². The predicted molar refractivity (Wildman–Crippen MR) is 114 cm³/mol. The Balaban J connectivity index is 1.41. The van der Waals surface area contributed by atoms with Crippen LogP contribution in [-0.2, 0) is 0 Å². The number of amides is 2. The summed E-state index contributed by atoms with van der Waals surface area (Å²) in [6, 6.07) is 13.5. The molecule has 0 aliphatic rings. The molecule has 2 aromatic heterocycles. The van der Waals surface area contributed by atoms with Gasteiger partial charge in [-0.1, -0.05) is 6.07 Å². The number of thiophene rings is 1. The summed E-state index contributed by atoms with van der Waals surface area (Å²) in [5.74, 6) is -2.48. The van der Waals surface area contributed by atoms with Crippen molar-refractivity contribution in [2.24, 2.45) is 0 Å². The van der Waals surface area contributed by atoms with Gasteiger partial charge in [-0.25, -0.2) is 13.8 Å². The average molecular weight is 441 g/mol. The number of hydrogen-bond acceptors (Lipinski definition) is 5. The van der Waals surface area contributed by atoms with E-state index in [-0.39, 0.29) is 11.8 Å². The van der Waals surface area contributed by atoms with Crippen molar-refractivity contribution in [3.05, 3.63) is 87.4 Å². The Morgan fingerprint density at radius 2 is 1.67 bits per heavy atom. The van der Waals surface area contributed by atoms with E-state index in [1.807, 2.05) is 5.38 Å². The summed E-state index contributed by atoms with van der Waals surface area (Å²) in [6.07, 6.45) is 0. The zero-order valence-corrected chi connectivity index (χ0v) is 16.8. The van der Waals surface area contributed by atoms with Gasteiger partial charge >= 0.3 is 0 Å². The van der Waals surface area contributed by atoms with Crippen molar-refractivity contribution in [1.29, 1.82) is 0 Å². The Kier molecular flexibility index (Phi) is 5.64. The fraction of sp³-hybridized carbons (Fsp3) is 0. The molecule has 5 nitrogen and oxygen atoms in total. The maximum Gasteiger partial charge on any atom is 0.265 e. The van der Waals surface area contributed by atoms with E-state index < -0.39 is 11.6 Å². The monoisotopic (exact) mass is 441 g/mol. The van der Waals surface area contributed by atoms with Gasteiger partial charge in [-0.3, -0.25) is 14.9 Å². The van der Waals surface area contributed by atoms with E-state index >= 15 is 0 Å². The number of carbonyl (C=O) groups excluding carboxylic acids is 2. The Hall–Kier alpha value is -3.43. The molecule has 30 heavy (non-hydrogen) atoms. The molecule has 2 heterocycles. The number of halogens is 2. The van der Waals surface area contributed by atoms with Crippen LogP contribution in [-0.4, -0.2) is 16.8 Å². The lowest BCUT2D eigenvalue weighted by molar-refractivity contribution is 0.102. The van der Waals surface area contributed by atoms with Crippen LogP contribution in [0.1, 0.15) is 20.0 Å². The quantitative estimate of drug-likeness (QED) is 0.420. The van der Waals surface area contributed by atoms with Gasteiger partial charge in [-0.2, -0.15) is 0 Å². The third kappa shape index (κ3) is 4.42. The van der Waals surface area contributed by atoms with Crippen molar-refractivity contribution in [2.75, 3.05) is 10.6 Å². The molecule has 150 valence electrons. The van der Waals surface area contributed by atoms with Crippen LogP contribution in [0.4, 0.5) is 19.6 Å². The van der Waals surface area contributed by atoms with Crippen LogP contribution in [0.2, 0.25) is 0 Å². The zero-order chi connectivity index (χ0) is 21.1. The molecule has 0 spiro atoms. The van der Waals surface area contributed by atoms with E-state index in [0.717, 1.165) is 12.1 Å². The molecule has 2 amide bonds. The van der Waals surface area contributed by atoms with Gasteiger partial charge < -0.3 is 5.32 Å². The third-order valence-electron chi connectivity index (χ3n) is 4.09. The van der Waals surface area contributed by atoms with Crippen molar-refractivity contribution in [3.8, 4) is 11.3 Å². The molecule has 4 aromatic rings. The summed E-state index contributed by atoms with van der Waals surface area (Å²) < 4.78 is 26.5. The summed E-state index contributed by atoms with van der Waals surface area (Å²) in [5, 5.41) is 9.23. The first-order valence-electron chi connectivity index (χ1n) is 8.67. The summed E-state index contributed by atoms with van der Waals surface area (Å²) in [4.78, 5) is 29.3. The number of rotatable bonds is 5. The molecular formula is C21H13F2N3O2S2. The van der Waals surface area contributed by atoms with Crippen LogP contribution >= 0.6 is 22.7 Å². The second-order valence-electron chi connectivity index (χ2n) is 6.13. The molecule has 0 radical (unpaired) electrons. The zero-order valence-electron chi connectivity index (χ0n) is 15.2. The third-order valence-corrected chi connectivity index (χ3v) is 5.72. The van der Waals surface area contributed by atoms with Gasteiger partial charge in [0.25, 0.3) is 11.8 Å². The topological polar surface area (TPSA) is 71.1 Å². The standard InChI is InChI=1S/C21H13F2N3O2S2/c22-15-8-5-13(10-16(15)23)17-11-30-21(25-17)26-19(27)12-3-6-14(7-4-12)24-20(28)18-2-1-9-29-18/h1-11H,(H,24,28)(H,25,26,27). The molecule has 0 unspecified atom stereocenters. The number of nitrogens with zero attached hydrogens (tertiary/aromatic N) is 1. The molecule has 2 aromatic carbocycles. The minimum absolute atomic E-state index is 0.213. The average Bonchev–Trinajstić information content (AvgIpc) is 3.43. The SMILES string of the molecule is O=C(Nc1nc(-c2ccc(F)c(F)c2)cs1)c1ccc(NC(=O)c2cccs2)cc1. The molecule has 0 saturated carbocycles. The number of carbonyl (C=O) groups is 2. The number of thiazole rings is 1. The summed E-state index contributed by atoms with van der Waals surface area (Å²) in [5.41, 5.74) is 1.80. The van der Waals surface area contributed by atoms with Crippen molar-refractivity contribution in [1.82, 2.24) is 4.98 Å². The highest BCUT2D eigenvalue weighted by Crippen LogP contribution is 2.26. The highest BCUT2D eigenvalue weighted by Gasteiger charge is 2.12. The Bertz CT molecular complexity index is 1210. The molecule has 2 N–H and O–H groups in total. The number of anilines is 2. The molecule has 9 heteroatoms. The first-order chi connectivity index (χ1) is 14.5. The van der Waals surface area contributed by atoms with Gasteiger partial charge in [0.1, 0.15) is 0 Å². The van der Waals surface area contributed by atoms with E-state index in [0.29, 0.717) is 32.5 Å². The summed E-state index contributed by atoms with van der Waals surface area (Å²) in [6.45, 7) is 0. The lowest BCUT2D eigenvalue weighted by Crippen LogP contribution is -2.13. The number of nitrogens with one attached hydrogen (secondary N) is 2. The van der Waals surface area contributed by atoms with Crippen LogP contribution in [0.5, 0.6) is 0 Å². The van der Waals surface area contributed by atoms with Gasteiger partial charge in [0, 0.05) is 22.2 Å². The molecule has 0 fully saturated rings. The Morgan fingerprint density at radius 3 is 2.37 bits per heavy atom. The van der Waals surface area contributed by atoms with Gasteiger partial charge in [-0.15, -0.1) is 22.7 Å². The second-order valence-corrected chi connectivity index (χ2v) is 7.94. The number of aromatic nitrogens is 1. The molecule has 0 aliphatic carbocycles. The maximum absolute atomic E-state index is 13.4. The Morgan fingerprint density at radius 1 is 0.867 bits per heavy atom. The molecule has 0 aliphatic heterocycles. The van der Waals surface area contributed by atoms with Crippen LogP contribution in [0.3, 0.4) is 0 Å². The van der Waals surface area contributed by atoms with Crippen molar-refractivity contribution < 1.29 is 18.4 Å².